The van der Waals surface area contributed by atoms with Crippen molar-refractivity contribution in [2.75, 3.05) is 6.26 Å². The first-order valence-electron chi connectivity index (χ1n) is 7.13. The maximum Gasteiger partial charge on any atom is 0.266 e. The summed E-state index contributed by atoms with van der Waals surface area (Å²) in [4.78, 5) is 26.6. The van der Waals surface area contributed by atoms with Gasteiger partial charge in [0.1, 0.15) is 4.90 Å². The van der Waals surface area contributed by atoms with Crippen LogP contribution in [0, 0.1) is 0 Å². The Morgan fingerprint density at radius 2 is 1.78 bits per heavy atom. The maximum atomic E-state index is 12.6. The predicted molar refractivity (Wildman–Crippen MR) is 87.2 cm³/mol. The fraction of sp³-hybridized carbons (Fsp3) is 0.176. The predicted octanol–water partition coefficient (Wildman–Crippen LogP) is 1.99. The zero-order chi connectivity index (χ0) is 16.6. The Hall–Kier alpha value is -2.47. The highest BCUT2D eigenvalue weighted by Crippen LogP contribution is 2.26. The third kappa shape index (κ3) is 3.03. The Morgan fingerprint density at radius 3 is 2.43 bits per heavy atom. The van der Waals surface area contributed by atoms with E-state index in [-0.39, 0.29) is 16.2 Å². The third-order valence-corrected chi connectivity index (χ3v) is 4.91. The molecule has 1 N–H and O–H groups in total. The molecule has 2 aromatic rings. The number of rotatable bonds is 2. The molecule has 0 saturated heterocycles. The first kappa shape index (κ1) is 15.4. The van der Waals surface area contributed by atoms with Crippen LogP contribution < -0.4 is 5.56 Å². The lowest BCUT2D eigenvalue weighted by Gasteiger charge is -2.17. The number of aromatic amines is 1. The Labute approximate surface area is 133 Å². The number of carbonyl (C=O) groups is 1. The number of fused-ring (bicyclic) bond motifs is 1. The largest absolute Gasteiger partial charge is 0.324 e. The standard InChI is InChI=1S/C17H15NO4S/c1-23(21,22)15-10-13-14(18-17(15)20)8-7-12(16(13)19)9-11-5-3-2-4-6-11/h2-6,9-10H,7-8H2,1H3,(H,18,20)/b12-9-. The Bertz CT molecular complexity index is 969. The topological polar surface area (TPSA) is 84.1 Å². The van der Waals surface area contributed by atoms with Crippen molar-refractivity contribution in [1.82, 2.24) is 4.98 Å². The monoisotopic (exact) mass is 329 g/mol. The van der Waals surface area contributed by atoms with Gasteiger partial charge in [-0.25, -0.2) is 8.42 Å². The lowest BCUT2D eigenvalue weighted by molar-refractivity contribution is 0.102. The van der Waals surface area contributed by atoms with E-state index in [0.717, 1.165) is 11.8 Å². The summed E-state index contributed by atoms with van der Waals surface area (Å²) in [7, 11) is -3.68. The number of carbonyl (C=O) groups excluding carboxylic acids is 1. The van der Waals surface area contributed by atoms with Crippen molar-refractivity contribution in [1.29, 1.82) is 0 Å². The first-order valence-corrected chi connectivity index (χ1v) is 9.02. The zero-order valence-corrected chi connectivity index (χ0v) is 13.3. The molecule has 6 heteroatoms. The van der Waals surface area contributed by atoms with Gasteiger partial charge in [-0.15, -0.1) is 0 Å². The molecule has 0 bridgehead atoms. The highest BCUT2D eigenvalue weighted by atomic mass is 32.2. The van der Waals surface area contributed by atoms with Gasteiger partial charge in [-0.2, -0.15) is 0 Å². The number of Topliss-reactive ketones (excluding diaryl/α,β-unsaturated/α-hetero) is 1. The summed E-state index contributed by atoms with van der Waals surface area (Å²) >= 11 is 0. The van der Waals surface area contributed by atoms with Crippen molar-refractivity contribution >= 4 is 21.7 Å². The van der Waals surface area contributed by atoms with E-state index in [1.54, 1.807) is 6.08 Å². The molecule has 1 aliphatic carbocycles. The number of H-pyrrole nitrogens is 1. The van der Waals surface area contributed by atoms with Crippen molar-refractivity contribution < 1.29 is 13.2 Å². The van der Waals surface area contributed by atoms with Gasteiger partial charge in [0.05, 0.1) is 0 Å². The smallest absolute Gasteiger partial charge is 0.266 e. The summed E-state index contributed by atoms with van der Waals surface area (Å²) in [5, 5.41) is 0. The van der Waals surface area contributed by atoms with Crippen LogP contribution in [0.4, 0.5) is 0 Å². The van der Waals surface area contributed by atoms with E-state index in [2.05, 4.69) is 4.98 Å². The van der Waals surface area contributed by atoms with Gasteiger partial charge in [-0.1, -0.05) is 30.3 Å². The van der Waals surface area contributed by atoms with Crippen molar-refractivity contribution in [3.63, 3.8) is 0 Å². The minimum atomic E-state index is -3.68. The molecule has 1 aromatic heterocycles. The third-order valence-electron chi connectivity index (χ3n) is 3.81. The second-order valence-electron chi connectivity index (χ2n) is 5.54. The molecule has 23 heavy (non-hydrogen) atoms. The number of aryl methyl sites for hydroxylation is 1. The zero-order valence-electron chi connectivity index (χ0n) is 12.5. The molecule has 0 amide bonds. The number of aromatic nitrogens is 1. The van der Waals surface area contributed by atoms with E-state index in [1.165, 1.54) is 6.07 Å². The highest BCUT2D eigenvalue weighted by Gasteiger charge is 2.26. The average Bonchev–Trinajstić information content (AvgIpc) is 2.50. The number of nitrogens with one attached hydrogen (secondary N) is 1. The van der Waals surface area contributed by atoms with Crippen LogP contribution in [-0.4, -0.2) is 25.4 Å². The van der Waals surface area contributed by atoms with Crippen molar-refractivity contribution in [2.45, 2.75) is 17.7 Å². The lowest BCUT2D eigenvalue weighted by Crippen LogP contribution is -2.24. The van der Waals surface area contributed by atoms with Crippen LogP contribution in [0.3, 0.4) is 0 Å². The second-order valence-corrected chi connectivity index (χ2v) is 7.52. The van der Waals surface area contributed by atoms with Crippen LogP contribution in [0.1, 0.15) is 28.0 Å². The Balaban J connectivity index is 2.10. The van der Waals surface area contributed by atoms with Crippen molar-refractivity contribution in [3.8, 4) is 0 Å². The van der Waals surface area contributed by atoms with Gasteiger partial charge in [-0.05, 0) is 30.5 Å². The number of ketones is 1. The normalized spacial score (nSPS) is 16.4. The molecule has 0 radical (unpaired) electrons. The Kier molecular flexibility index (Phi) is 3.77. The molecule has 0 atom stereocenters. The van der Waals surface area contributed by atoms with Gasteiger partial charge in [-0.3, -0.25) is 9.59 Å². The number of hydrogen-bond donors (Lipinski definition) is 1. The molecule has 0 aliphatic heterocycles. The summed E-state index contributed by atoms with van der Waals surface area (Å²) in [5.41, 5.74) is 1.60. The molecule has 3 rings (SSSR count). The van der Waals surface area contributed by atoms with E-state index in [9.17, 15) is 18.0 Å². The molecule has 1 heterocycles. The van der Waals surface area contributed by atoms with E-state index in [0.29, 0.717) is 24.1 Å². The summed E-state index contributed by atoms with van der Waals surface area (Å²) < 4.78 is 23.3. The fourth-order valence-corrected chi connectivity index (χ4v) is 3.38. The van der Waals surface area contributed by atoms with Gasteiger partial charge in [0.2, 0.25) is 0 Å². The van der Waals surface area contributed by atoms with Crippen LogP contribution in [0.15, 0.2) is 51.7 Å². The van der Waals surface area contributed by atoms with Crippen molar-refractivity contribution in [2.24, 2.45) is 0 Å². The number of sulfone groups is 1. The SMILES string of the molecule is CS(=O)(=O)c1cc2c([nH]c1=O)CC/C(=C/c1ccccc1)C2=O. The van der Waals surface area contributed by atoms with Crippen LogP contribution in [0.25, 0.3) is 6.08 Å². The molecular formula is C17H15NO4S. The van der Waals surface area contributed by atoms with E-state index < -0.39 is 15.4 Å². The van der Waals surface area contributed by atoms with Gasteiger partial charge < -0.3 is 4.98 Å². The minimum Gasteiger partial charge on any atom is -0.324 e. The molecule has 118 valence electrons. The summed E-state index contributed by atoms with van der Waals surface area (Å²) in [5.74, 6) is -0.240. The van der Waals surface area contributed by atoms with Crippen LogP contribution >= 0.6 is 0 Å². The van der Waals surface area contributed by atoms with E-state index in [1.807, 2.05) is 30.3 Å². The summed E-state index contributed by atoms with van der Waals surface area (Å²) in [6.45, 7) is 0. The first-order chi connectivity index (χ1) is 10.9. The fourth-order valence-electron chi connectivity index (χ4n) is 2.66. The molecular weight excluding hydrogens is 314 g/mol. The highest BCUT2D eigenvalue weighted by molar-refractivity contribution is 7.90. The second kappa shape index (κ2) is 5.62. The van der Waals surface area contributed by atoms with E-state index in [4.69, 9.17) is 0 Å². The molecule has 0 unspecified atom stereocenters. The van der Waals surface area contributed by atoms with Gasteiger partial charge in [0.25, 0.3) is 5.56 Å². The van der Waals surface area contributed by atoms with Gasteiger partial charge >= 0.3 is 0 Å². The molecule has 0 spiro atoms. The molecule has 1 aromatic carbocycles. The number of benzene rings is 1. The van der Waals surface area contributed by atoms with Crippen LogP contribution in [-0.2, 0) is 16.3 Å². The minimum absolute atomic E-state index is 0.240. The lowest BCUT2D eigenvalue weighted by atomic mass is 9.89. The number of hydrogen-bond acceptors (Lipinski definition) is 4. The Morgan fingerprint density at radius 1 is 1.09 bits per heavy atom. The number of allylic oxidation sites excluding steroid dienone is 1. The van der Waals surface area contributed by atoms with Crippen LogP contribution in [0.5, 0.6) is 0 Å². The van der Waals surface area contributed by atoms with Gasteiger partial charge in [0.15, 0.2) is 15.6 Å². The van der Waals surface area contributed by atoms with Crippen LogP contribution in [0.2, 0.25) is 0 Å². The maximum absolute atomic E-state index is 12.6. The summed E-state index contributed by atoms with van der Waals surface area (Å²) in [6, 6.07) is 10.6. The van der Waals surface area contributed by atoms with Crippen molar-refractivity contribution in [3.05, 3.63) is 69.1 Å². The average molecular weight is 329 g/mol. The summed E-state index contributed by atoms with van der Waals surface area (Å²) in [6.07, 6.45) is 3.77. The molecule has 0 saturated carbocycles. The van der Waals surface area contributed by atoms with Gasteiger partial charge in [0, 0.05) is 23.1 Å². The molecule has 5 nitrogen and oxygen atoms in total. The quantitative estimate of drug-likeness (QED) is 0.854. The number of pyridine rings is 1. The molecule has 0 fully saturated rings. The molecule has 1 aliphatic rings. The van der Waals surface area contributed by atoms with E-state index >= 15 is 0 Å².